The molecule has 30 heteroatoms. The Balaban J connectivity index is -0.00000155. The van der Waals surface area contributed by atoms with Gasteiger partial charge in [0.05, 0.1) is 13.2 Å². The maximum Gasteiger partial charge on any atom is 1.00 e. The summed E-state index contributed by atoms with van der Waals surface area (Å²) in [5.41, 5.74) is 15.7. The molecule has 0 atom stereocenters. The number of ether oxygens (including phenoxy) is 1. The number of nitrogens with one attached hydrogen (secondary N) is 2. The van der Waals surface area contributed by atoms with Crippen LogP contribution in [0.2, 0.25) is 12.1 Å². The summed E-state index contributed by atoms with van der Waals surface area (Å²) >= 11 is 13.8. The minimum atomic E-state index is -3.22. The number of hydrogen-bond donors (Lipinski definition) is 3. The monoisotopic (exact) mass is 1910 g/mol. The summed E-state index contributed by atoms with van der Waals surface area (Å²) < 4.78 is 49.4. The average molecular weight is 1910 g/mol. The number of isocyanates is 1. The Hall–Kier alpha value is -9.09. The van der Waals surface area contributed by atoms with E-state index >= 15 is 0 Å². The number of para-hydroxylation sites is 9. The fraction of sp³-hybridized carbons (Fsp3) is 0.248. The van der Waals surface area contributed by atoms with Gasteiger partial charge in [-0.25, -0.2) is 14.6 Å². The van der Waals surface area contributed by atoms with Crippen molar-refractivity contribution in [2.75, 3.05) is 79.4 Å². The number of alkyl carbamates (subject to hydrolysis) is 1. The van der Waals surface area contributed by atoms with Crippen LogP contribution >= 0.6 is 38.9 Å². The van der Waals surface area contributed by atoms with Gasteiger partial charge in [0.15, 0.2) is 0 Å². The van der Waals surface area contributed by atoms with Crippen molar-refractivity contribution in [3.63, 3.8) is 0 Å². The van der Waals surface area contributed by atoms with Crippen LogP contribution < -0.4 is 89.3 Å². The van der Waals surface area contributed by atoms with Gasteiger partial charge in [-0.05, 0) is 257 Å². The van der Waals surface area contributed by atoms with Crippen LogP contribution in [0.1, 0.15) is 106 Å². The molecule has 0 aliphatic heterocycles. The van der Waals surface area contributed by atoms with Crippen LogP contribution in [-0.2, 0) is 58.7 Å². The zero-order valence-electron chi connectivity index (χ0n) is 75.6. The van der Waals surface area contributed by atoms with Crippen LogP contribution in [0.25, 0.3) is 0 Å². The molecule has 0 saturated carbocycles. The van der Waals surface area contributed by atoms with E-state index in [-0.39, 0.29) is 116 Å². The van der Waals surface area contributed by atoms with E-state index in [1.165, 1.54) is 30.1 Å². The molecule has 12 aromatic carbocycles. The minimum absolute atomic E-state index is 0. The van der Waals surface area contributed by atoms with E-state index in [1.807, 2.05) is 242 Å². The zero-order valence-corrected chi connectivity index (χ0v) is 83.7. The number of anilines is 12. The van der Waals surface area contributed by atoms with Crippen molar-refractivity contribution < 1.29 is 126 Å². The quantitative estimate of drug-likeness (QED) is 0.00824. The fourth-order valence-corrected chi connectivity index (χ4v) is 17.5. The minimum Gasteiger partial charge on any atom is -1.00 e. The summed E-state index contributed by atoms with van der Waals surface area (Å²) in [5, 5.41) is 11.2. The molecule has 131 heavy (non-hydrogen) atoms. The number of rotatable bonds is 36. The number of hydrogen-bond acceptors (Lipinski definition) is 19. The fourth-order valence-electron chi connectivity index (χ4n) is 12.3. The van der Waals surface area contributed by atoms with E-state index in [9.17, 15) is 28.8 Å². The number of carbonyl (C=O) groups is 3. The van der Waals surface area contributed by atoms with E-state index in [4.69, 9.17) is 31.3 Å². The normalized spacial score (nSPS) is 9.98. The van der Waals surface area contributed by atoms with Crippen molar-refractivity contribution in [1.82, 2.24) is 10.6 Å². The predicted octanol–water partition coefficient (Wildman–Crippen LogP) is 21.4. The number of aliphatic hydroxyl groups excluding tert-OH is 1. The molecule has 0 aromatic heterocycles. The van der Waals surface area contributed by atoms with Gasteiger partial charge >= 0.3 is 88.0 Å². The van der Waals surface area contributed by atoms with Crippen LogP contribution in [0.4, 0.5) is 73.0 Å². The third kappa shape index (κ3) is 46.9. The summed E-state index contributed by atoms with van der Waals surface area (Å²) in [4.78, 5) is 55.0. The van der Waals surface area contributed by atoms with Gasteiger partial charge in [0.1, 0.15) is 12.9 Å². The number of aliphatic hydroxyl groups is 1. The molecule has 0 spiro atoms. The molecule has 0 heterocycles. The number of benzene rings is 12. The van der Waals surface area contributed by atoms with Gasteiger partial charge in [0, 0.05) is 154 Å². The van der Waals surface area contributed by atoms with Gasteiger partial charge in [0.25, 0.3) is 0 Å². The van der Waals surface area contributed by atoms with E-state index in [2.05, 4.69) is 215 Å². The first kappa shape index (κ1) is 124. The number of carbonyl (C=O) groups excluding carboxylic acids is 4. The van der Waals surface area contributed by atoms with E-state index in [0.717, 1.165) is 75.0 Å². The molecule has 3 radical (unpaired) electrons. The number of amides is 2. The molecule has 2 amide bonds. The second kappa shape index (κ2) is 72.4. The van der Waals surface area contributed by atoms with Crippen molar-refractivity contribution >= 4 is 158 Å². The molecule has 21 nitrogen and oxygen atoms in total. The van der Waals surface area contributed by atoms with Crippen molar-refractivity contribution in [2.24, 2.45) is 4.99 Å². The Morgan fingerprint density at radius 2 is 0.626 bits per heavy atom. The molecule has 4 N–H and O–H groups in total. The first-order chi connectivity index (χ1) is 60.3. The molecular weight excluding hydrogens is 1790 g/mol. The molecule has 0 fully saturated rings. The first-order valence-electron chi connectivity index (χ1n) is 41.0. The van der Waals surface area contributed by atoms with Crippen molar-refractivity contribution in [2.45, 2.75) is 109 Å². The second-order valence-corrected chi connectivity index (χ2v) is 38.5. The van der Waals surface area contributed by atoms with Crippen molar-refractivity contribution in [1.29, 1.82) is 0 Å². The van der Waals surface area contributed by atoms with E-state index in [0.29, 0.717) is 76.8 Å². The molecule has 0 aliphatic rings. The summed E-state index contributed by atoms with van der Waals surface area (Å²) in [6.07, 6.45) is 3.34. The van der Waals surface area contributed by atoms with Crippen LogP contribution in [0.3, 0.4) is 0 Å². The molecular formula is C101H127BCl3N7Na2O14PSi2. The Bertz CT molecular complexity index is 4740. The third-order valence-corrected chi connectivity index (χ3v) is 23.9. The van der Waals surface area contributed by atoms with Gasteiger partial charge in [-0.3, -0.25) is 14.2 Å². The number of aliphatic imine (C=N–C) groups is 1. The van der Waals surface area contributed by atoms with E-state index in [1.54, 1.807) is 7.05 Å². The van der Waals surface area contributed by atoms with Gasteiger partial charge in [-0.15, -0.1) is 0 Å². The van der Waals surface area contributed by atoms with Crippen LogP contribution in [0.15, 0.2) is 351 Å². The second-order valence-electron chi connectivity index (χ2n) is 26.4. The maximum atomic E-state index is 12.2. The summed E-state index contributed by atoms with van der Waals surface area (Å²) in [7, 11) is -3.63. The number of nitrogens with zero attached hydrogens (tertiary/aromatic N) is 5. The van der Waals surface area contributed by atoms with Crippen molar-refractivity contribution in [3.05, 3.63) is 362 Å². The molecule has 0 saturated heterocycles. The number of halogens is 3. The summed E-state index contributed by atoms with van der Waals surface area (Å²) in [6, 6.07) is 118. The average Bonchev–Trinajstić information content (AvgIpc) is 0.820. The Morgan fingerprint density at radius 3 is 0.832 bits per heavy atom. The van der Waals surface area contributed by atoms with Gasteiger partial charge in [-0.2, -0.15) is 0 Å². The molecule has 0 bridgehead atoms. The number of aldehydes is 1. The van der Waals surface area contributed by atoms with Crippen LogP contribution in [0.5, 0.6) is 0 Å². The first-order valence-corrected chi connectivity index (χ1v) is 49.3. The molecule has 0 aliphatic carbocycles. The summed E-state index contributed by atoms with van der Waals surface area (Å²) in [6.45, 7) is 17.5. The van der Waals surface area contributed by atoms with Gasteiger partial charge < -0.3 is 73.5 Å². The molecule has 12 rings (SSSR count). The van der Waals surface area contributed by atoms with Crippen LogP contribution in [-0.4, -0.2) is 121 Å². The SMILES string of the molecule is C.C.C.CCO[Si](CCCN=C=O)(OCC)OCC.CCO[Si](CCCNC(=O)OCc1ccc(N(c2ccccc2)c2ccccc2)cc1)(OCC)OCC.CNC(C)=O.O=Cc1ccc(N(c2ccccc2)c2ccccc2)cc1.O=P(Cl)(Cl)Cl.OCc1ccc(N(c2ccccc2)c2ccccc2)cc1.[B].[H-].[Na+].[Na+].[OH-].c1ccc(N(c2ccccc2)c2ccccc2)cc1. The summed E-state index contributed by atoms with van der Waals surface area (Å²) in [5.74, 6) is 0.00463. The van der Waals surface area contributed by atoms with Gasteiger partial charge in [-0.1, -0.05) is 210 Å². The topological polar surface area (TPSA) is 250 Å². The Labute approximate surface area is 842 Å². The molecule has 12 aromatic rings. The molecule has 689 valence electrons. The molecule has 0 unspecified atom stereocenters. The zero-order chi connectivity index (χ0) is 89.3. The predicted molar refractivity (Wildman–Crippen MR) is 541 cm³/mol. The van der Waals surface area contributed by atoms with Crippen LogP contribution in [0, 0.1) is 0 Å². The smallest absolute Gasteiger partial charge is 1.00 e. The standard InChI is InChI=1S/C29H38N2O5Si.C19H17NO.C19H15NO.C18H15N.C10H21NO4Si.C3H7NO.3CH4.B.Cl3OP.2Na.H2O.H/c1-4-34-37(35-5-2,36-6-3)23-13-22-30-29(32)33-24-25-18-20-28(21-19-25)31(26-14-9-7-10-15-26)27-16-11-8-12-17-27;2*21-15-16-11-13-19(14-12-16)20(17-7-3-1-4-8-17)18-9-5-2-6-10-18;1-4-10-16(11-5-1)19(17-12-6-2-7-13-17)18-14-8-3-9-15-18;1-4-13-16(14-5-2,15-6-3)9-7-8-11-10-12;1-3(5)4-2;;;;;1-5(2,3)4;;;;/h7-12,14-21H,4-6,13,22-24H2,1-3H3,(H,30,32);1-14,21H,15H2;1-15H;1-15H;4-9H2,1-3H3;1-2H3,(H,4,5);3*1H4;;;;;1H2;/q;;;;;;;;;;;2*+1;;-1/p-1. The Kier molecular flexibility index (Phi) is 68.5. The van der Waals surface area contributed by atoms with Crippen molar-refractivity contribution in [3.8, 4) is 0 Å². The third-order valence-electron chi connectivity index (χ3n) is 17.6. The Morgan fingerprint density at radius 1 is 0.412 bits per heavy atom. The van der Waals surface area contributed by atoms with Gasteiger partial charge in [0.2, 0.25) is 12.0 Å². The maximum absolute atomic E-state index is 12.2. The largest absolute Gasteiger partial charge is 1.00 e. The van der Waals surface area contributed by atoms with E-state index < -0.39 is 28.9 Å².